The zero-order chi connectivity index (χ0) is 13.8. The van der Waals surface area contributed by atoms with Gasteiger partial charge in [0, 0.05) is 23.5 Å². The molecule has 2 aromatic heterocycles. The number of anilines is 1. The number of nitrogens with zero attached hydrogens (tertiary/aromatic N) is 2. The molecule has 0 aliphatic carbocycles. The van der Waals surface area contributed by atoms with Crippen molar-refractivity contribution in [1.82, 2.24) is 9.97 Å². The highest BCUT2D eigenvalue weighted by atomic mass is 32.1. The van der Waals surface area contributed by atoms with Crippen LogP contribution in [0.5, 0.6) is 0 Å². The van der Waals surface area contributed by atoms with Crippen LogP contribution in [0.4, 0.5) is 5.13 Å². The Morgan fingerprint density at radius 1 is 1.20 bits per heavy atom. The first-order valence-corrected chi connectivity index (χ1v) is 7.75. The van der Waals surface area contributed by atoms with E-state index in [1.165, 1.54) is 10.9 Å². The molecule has 0 radical (unpaired) electrons. The third-order valence-corrected chi connectivity index (χ3v) is 4.15. The molecule has 0 amide bonds. The Bertz CT molecular complexity index is 700. The largest absolute Gasteiger partial charge is 0.361 e. The first kappa shape index (κ1) is 13.1. The predicted octanol–water partition coefficient (Wildman–Crippen LogP) is 3.91. The third kappa shape index (κ3) is 2.80. The lowest BCUT2D eigenvalue weighted by atomic mass is 10.1. The summed E-state index contributed by atoms with van der Waals surface area (Å²) in [6.07, 6.45) is 3.80. The number of aryl methyl sites for hydroxylation is 1. The van der Waals surface area contributed by atoms with Crippen LogP contribution >= 0.6 is 11.3 Å². The van der Waals surface area contributed by atoms with Gasteiger partial charge in [0.05, 0.1) is 11.2 Å². The number of benzene rings is 1. The van der Waals surface area contributed by atoms with Crippen LogP contribution in [0.25, 0.3) is 10.9 Å². The van der Waals surface area contributed by atoms with E-state index < -0.39 is 0 Å². The Hall–Kier alpha value is -1.94. The Morgan fingerprint density at radius 2 is 2.10 bits per heavy atom. The summed E-state index contributed by atoms with van der Waals surface area (Å²) in [6.45, 7) is 3.01. The Kier molecular flexibility index (Phi) is 3.92. The van der Waals surface area contributed by atoms with E-state index in [9.17, 15) is 0 Å². The molecule has 1 N–H and O–H groups in total. The summed E-state index contributed by atoms with van der Waals surface area (Å²) in [5.41, 5.74) is 3.54. The average molecular weight is 283 g/mol. The normalized spacial score (nSPS) is 10.8. The number of hydrogen-bond donors (Lipinski definition) is 1. The van der Waals surface area contributed by atoms with Crippen LogP contribution in [0.1, 0.15) is 18.2 Å². The molecule has 0 fully saturated rings. The molecule has 3 nitrogen and oxygen atoms in total. The fourth-order valence-electron chi connectivity index (χ4n) is 2.22. The standard InChI is InChI=1S/C16H17N3S/c1-2-14-11-20-16(19-14)18-10-8-13-6-3-5-12-7-4-9-17-15(12)13/h3-7,9,11H,2,8,10H2,1H3,(H,18,19). The average Bonchev–Trinajstić information content (AvgIpc) is 2.95. The highest BCUT2D eigenvalue weighted by Gasteiger charge is 2.03. The monoisotopic (exact) mass is 283 g/mol. The van der Waals surface area contributed by atoms with Crippen LogP contribution in [0.2, 0.25) is 0 Å². The van der Waals surface area contributed by atoms with Crippen LogP contribution < -0.4 is 5.32 Å². The maximum atomic E-state index is 4.51. The fraction of sp³-hybridized carbons (Fsp3) is 0.250. The lowest BCUT2D eigenvalue weighted by Gasteiger charge is -2.06. The number of thiazole rings is 1. The van der Waals surface area contributed by atoms with Crippen LogP contribution in [0.15, 0.2) is 41.9 Å². The molecule has 0 unspecified atom stereocenters. The van der Waals surface area contributed by atoms with Gasteiger partial charge in [-0.1, -0.05) is 31.2 Å². The SMILES string of the molecule is CCc1csc(NCCc2cccc3cccnc23)n1. The van der Waals surface area contributed by atoms with Crippen LogP contribution in [-0.2, 0) is 12.8 Å². The molecule has 1 aromatic carbocycles. The number of fused-ring (bicyclic) bond motifs is 1. The van der Waals surface area contributed by atoms with Crippen molar-refractivity contribution in [3.8, 4) is 0 Å². The van der Waals surface area contributed by atoms with E-state index in [1.807, 2.05) is 12.3 Å². The number of aromatic nitrogens is 2. The zero-order valence-electron chi connectivity index (χ0n) is 11.5. The summed E-state index contributed by atoms with van der Waals surface area (Å²) >= 11 is 1.68. The first-order valence-electron chi connectivity index (χ1n) is 6.87. The van der Waals surface area contributed by atoms with Gasteiger partial charge in [0.1, 0.15) is 0 Å². The van der Waals surface area contributed by atoms with Gasteiger partial charge in [-0.05, 0) is 24.5 Å². The number of nitrogens with one attached hydrogen (secondary N) is 1. The van der Waals surface area contributed by atoms with E-state index in [4.69, 9.17) is 0 Å². The second-order valence-corrected chi connectivity index (χ2v) is 5.52. The van der Waals surface area contributed by atoms with Crippen molar-refractivity contribution in [3.63, 3.8) is 0 Å². The van der Waals surface area contributed by atoms with Gasteiger partial charge in [-0.3, -0.25) is 4.98 Å². The van der Waals surface area contributed by atoms with Gasteiger partial charge in [0.25, 0.3) is 0 Å². The molecule has 2 heterocycles. The predicted molar refractivity (Wildman–Crippen MR) is 85.4 cm³/mol. The summed E-state index contributed by atoms with van der Waals surface area (Å²) in [5.74, 6) is 0. The zero-order valence-corrected chi connectivity index (χ0v) is 12.3. The molecule has 0 aliphatic heterocycles. The number of para-hydroxylation sites is 1. The number of hydrogen-bond acceptors (Lipinski definition) is 4. The molecule has 3 aromatic rings. The lowest BCUT2D eigenvalue weighted by molar-refractivity contribution is 1.00. The highest BCUT2D eigenvalue weighted by Crippen LogP contribution is 2.18. The van der Waals surface area contributed by atoms with E-state index in [0.29, 0.717) is 0 Å². The molecule has 0 aliphatic rings. The number of pyridine rings is 1. The molecule has 0 bridgehead atoms. The molecule has 0 spiro atoms. The van der Waals surface area contributed by atoms with Gasteiger partial charge in [-0.25, -0.2) is 4.98 Å². The van der Waals surface area contributed by atoms with Gasteiger partial charge >= 0.3 is 0 Å². The van der Waals surface area contributed by atoms with Gasteiger partial charge in [-0.15, -0.1) is 11.3 Å². The molecule has 0 atom stereocenters. The Morgan fingerprint density at radius 3 is 2.95 bits per heavy atom. The van der Waals surface area contributed by atoms with Crippen molar-refractivity contribution in [2.75, 3.05) is 11.9 Å². The van der Waals surface area contributed by atoms with Crippen molar-refractivity contribution in [2.45, 2.75) is 19.8 Å². The smallest absolute Gasteiger partial charge is 0.182 e. The van der Waals surface area contributed by atoms with E-state index in [1.54, 1.807) is 11.3 Å². The molecular weight excluding hydrogens is 266 g/mol. The van der Waals surface area contributed by atoms with Crippen molar-refractivity contribution in [2.24, 2.45) is 0 Å². The molecule has 3 rings (SSSR count). The molecule has 4 heteroatoms. The molecule has 0 saturated heterocycles. The summed E-state index contributed by atoms with van der Waals surface area (Å²) < 4.78 is 0. The van der Waals surface area contributed by atoms with Crippen molar-refractivity contribution in [1.29, 1.82) is 0 Å². The van der Waals surface area contributed by atoms with E-state index in [0.717, 1.165) is 35.7 Å². The minimum absolute atomic E-state index is 0.881. The molecular formula is C16H17N3S. The van der Waals surface area contributed by atoms with E-state index >= 15 is 0 Å². The molecule has 102 valence electrons. The quantitative estimate of drug-likeness (QED) is 0.771. The number of rotatable bonds is 5. The third-order valence-electron chi connectivity index (χ3n) is 3.30. The van der Waals surface area contributed by atoms with Gasteiger partial charge in [0.15, 0.2) is 5.13 Å². The maximum absolute atomic E-state index is 4.51. The maximum Gasteiger partial charge on any atom is 0.182 e. The van der Waals surface area contributed by atoms with Crippen LogP contribution in [-0.4, -0.2) is 16.5 Å². The van der Waals surface area contributed by atoms with Gasteiger partial charge in [-0.2, -0.15) is 0 Å². The van der Waals surface area contributed by atoms with Crippen molar-refractivity contribution < 1.29 is 0 Å². The Labute approximate surface area is 122 Å². The van der Waals surface area contributed by atoms with Gasteiger partial charge in [0.2, 0.25) is 0 Å². The van der Waals surface area contributed by atoms with E-state index in [-0.39, 0.29) is 0 Å². The van der Waals surface area contributed by atoms with Crippen LogP contribution in [0.3, 0.4) is 0 Å². The minimum atomic E-state index is 0.881. The minimum Gasteiger partial charge on any atom is -0.361 e. The summed E-state index contributed by atoms with van der Waals surface area (Å²) in [6, 6.07) is 10.4. The summed E-state index contributed by atoms with van der Waals surface area (Å²) in [5, 5.41) is 7.72. The topological polar surface area (TPSA) is 37.8 Å². The second-order valence-electron chi connectivity index (χ2n) is 4.67. The van der Waals surface area contributed by atoms with E-state index in [2.05, 4.69) is 51.9 Å². The van der Waals surface area contributed by atoms with Crippen molar-refractivity contribution >= 4 is 27.4 Å². The summed E-state index contributed by atoms with van der Waals surface area (Å²) in [4.78, 5) is 9.00. The molecule has 0 saturated carbocycles. The van der Waals surface area contributed by atoms with Gasteiger partial charge < -0.3 is 5.32 Å². The molecule has 20 heavy (non-hydrogen) atoms. The highest BCUT2D eigenvalue weighted by molar-refractivity contribution is 7.13. The Balaban J connectivity index is 1.68. The lowest BCUT2D eigenvalue weighted by Crippen LogP contribution is -2.05. The second kappa shape index (κ2) is 6.01. The van der Waals surface area contributed by atoms with Crippen LogP contribution in [0, 0.1) is 0 Å². The summed E-state index contributed by atoms with van der Waals surface area (Å²) in [7, 11) is 0. The fourth-order valence-corrected chi connectivity index (χ4v) is 3.05. The van der Waals surface area contributed by atoms with Crippen molar-refractivity contribution in [3.05, 3.63) is 53.2 Å². The first-order chi connectivity index (χ1) is 9.86.